The minimum atomic E-state index is 0.0373. The van der Waals surface area contributed by atoms with Gasteiger partial charge in [0.25, 0.3) is 0 Å². The van der Waals surface area contributed by atoms with Gasteiger partial charge in [0.05, 0.1) is 12.3 Å². The summed E-state index contributed by atoms with van der Waals surface area (Å²) in [5, 5.41) is 11.9. The highest BCUT2D eigenvalue weighted by molar-refractivity contribution is 7.09. The Bertz CT molecular complexity index is 533. The summed E-state index contributed by atoms with van der Waals surface area (Å²) >= 11 is 1.52. The van der Waals surface area contributed by atoms with Crippen molar-refractivity contribution >= 4 is 11.3 Å². The van der Waals surface area contributed by atoms with Crippen molar-refractivity contribution in [2.75, 3.05) is 0 Å². The van der Waals surface area contributed by atoms with Crippen LogP contribution in [0, 0.1) is 0 Å². The normalized spacial score (nSPS) is 14.6. The zero-order valence-electron chi connectivity index (χ0n) is 9.65. The number of aliphatic hydroxyl groups excluding tert-OH is 1. The molecule has 0 spiro atoms. The second-order valence-corrected chi connectivity index (χ2v) is 5.42. The van der Waals surface area contributed by atoms with Gasteiger partial charge in [0.15, 0.2) is 0 Å². The Labute approximate surface area is 105 Å². The summed E-state index contributed by atoms with van der Waals surface area (Å²) in [6.07, 6.45) is 5.03. The number of aryl methyl sites for hydroxylation is 2. The quantitative estimate of drug-likeness (QED) is 0.881. The minimum Gasteiger partial charge on any atom is -0.389 e. The average Bonchev–Trinajstić information content (AvgIpc) is 2.87. The van der Waals surface area contributed by atoms with E-state index in [1.54, 1.807) is 0 Å². The van der Waals surface area contributed by atoms with Gasteiger partial charge in [0.2, 0.25) is 0 Å². The molecule has 0 saturated carbocycles. The minimum absolute atomic E-state index is 0.0373. The Morgan fingerprint density at radius 3 is 2.76 bits per heavy atom. The van der Waals surface area contributed by atoms with E-state index in [1.165, 1.54) is 53.7 Å². The molecule has 88 valence electrons. The molecule has 0 saturated heterocycles. The van der Waals surface area contributed by atoms with Crippen LogP contribution in [0.2, 0.25) is 0 Å². The summed E-state index contributed by atoms with van der Waals surface area (Å²) in [4.78, 5) is 4.42. The third-order valence-electron chi connectivity index (χ3n) is 3.33. The summed E-state index contributed by atoms with van der Waals surface area (Å²) in [6, 6.07) is 6.66. The molecule has 1 aromatic heterocycles. The van der Waals surface area contributed by atoms with Gasteiger partial charge >= 0.3 is 0 Å². The van der Waals surface area contributed by atoms with Gasteiger partial charge in [0.1, 0.15) is 5.01 Å². The van der Waals surface area contributed by atoms with Gasteiger partial charge in [-0.15, -0.1) is 11.3 Å². The van der Waals surface area contributed by atoms with Gasteiger partial charge in [-0.2, -0.15) is 0 Å². The molecule has 1 aliphatic rings. The smallest absolute Gasteiger partial charge is 0.119 e. The number of nitrogens with zero attached hydrogens (tertiary/aromatic N) is 1. The first kappa shape index (κ1) is 10.9. The predicted octanol–water partition coefficient (Wildman–Crippen LogP) is 3.18. The molecule has 17 heavy (non-hydrogen) atoms. The van der Waals surface area contributed by atoms with Crippen molar-refractivity contribution in [2.24, 2.45) is 0 Å². The lowest BCUT2D eigenvalue weighted by molar-refractivity contribution is 0.281. The molecule has 1 aromatic carbocycles. The van der Waals surface area contributed by atoms with Gasteiger partial charge < -0.3 is 5.11 Å². The Morgan fingerprint density at radius 2 is 2.00 bits per heavy atom. The van der Waals surface area contributed by atoms with E-state index in [2.05, 4.69) is 23.2 Å². The van der Waals surface area contributed by atoms with Crippen LogP contribution in [0.3, 0.4) is 0 Å². The van der Waals surface area contributed by atoms with Crippen molar-refractivity contribution in [3.8, 4) is 11.3 Å². The van der Waals surface area contributed by atoms with Crippen molar-refractivity contribution in [1.29, 1.82) is 0 Å². The van der Waals surface area contributed by atoms with Crippen LogP contribution in [0.25, 0.3) is 11.3 Å². The van der Waals surface area contributed by atoms with Crippen molar-refractivity contribution < 1.29 is 5.11 Å². The summed E-state index contributed by atoms with van der Waals surface area (Å²) < 4.78 is 0. The molecular weight excluding hydrogens is 230 g/mol. The maximum Gasteiger partial charge on any atom is 0.119 e. The molecule has 0 radical (unpaired) electrons. The second kappa shape index (κ2) is 4.59. The number of aliphatic hydroxyl groups is 1. The van der Waals surface area contributed by atoms with E-state index in [4.69, 9.17) is 5.11 Å². The van der Waals surface area contributed by atoms with Crippen LogP contribution < -0.4 is 0 Å². The van der Waals surface area contributed by atoms with E-state index in [0.717, 1.165) is 10.7 Å². The molecule has 3 rings (SSSR count). The van der Waals surface area contributed by atoms with E-state index in [1.807, 2.05) is 5.38 Å². The van der Waals surface area contributed by atoms with Crippen molar-refractivity contribution in [2.45, 2.75) is 32.3 Å². The molecular formula is C14H15NOS. The lowest BCUT2D eigenvalue weighted by Crippen LogP contribution is -2.02. The Hall–Kier alpha value is -1.19. The van der Waals surface area contributed by atoms with Crippen molar-refractivity contribution in [3.05, 3.63) is 39.7 Å². The molecule has 0 amide bonds. The van der Waals surface area contributed by atoms with Gasteiger partial charge in [-0.1, -0.05) is 12.1 Å². The van der Waals surface area contributed by atoms with Gasteiger partial charge in [-0.25, -0.2) is 4.98 Å². The number of hydrogen-bond acceptors (Lipinski definition) is 3. The van der Waals surface area contributed by atoms with Crippen LogP contribution in [0.1, 0.15) is 29.0 Å². The van der Waals surface area contributed by atoms with E-state index in [0.29, 0.717) is 0 Å². The fraction of sp³-hybridized carbons (Fsp3) is 0.357. The summed E-state index contributed by atoms with van der Waals surface area (Å²) in [7, 11) is 0. The molecule has 0 atom stereocenters. The molecule has 0 bridgehead atoms. The molecule has 1 N–H and O–H groups in total. The number of rotatable bonds is 2. The van der Waals surface area contributed by atoms with Crippen LogP contribution in [0.5, 0.6) is 0 Å². The highest BCUT2D eigenvalue weighted by Gasteiger charge is 2.11. The summed E-state index contributed by atoms with van der Waals surface area (Å²) in [6.45, 7) is 0.0373. The van der Waals surface area contributed by atoms with Gasteiger partial charge in [-0.3, -0.25) is 0 Å². The lowest BCUT2D eigenvalue weighted by atomic mass is 9.90. The largest absolute Gasteiger partial charge is 0.389 e. The topological polar surface area (TPSA) is 33.1 Å². The third kappa shape index (κ3) is 2.13. The highest BCUT2D eigenvalue weighted by Crippen LogP contribution is 2.28. The first-order chi connectivity index (χ1) is 8.36. The van der Waals surface area contributed by atoms with E-state index in [-0.39, 0.29) is 6.61 Å². The first-order valence-corrected chi connectivity index (χ1v) is 6.92. The van der Waals surface area contributed by atoms with Gasteiger partial charge in [-0.05, 0) is 42.9 Å². The number of benzene rings is 1. The Morgan fingerprint density at radius 1 is 1.18 bits per heavy atom. The summed E-state index contributed by atoms with van der Waals surface area (Å²) in [5.74, 6) is 0. The zero-order chi connectivity index (χ0) is 11.7. The standard InChI is InChI=1S/C14H15NOS/c16-8-14-15-13(9-17-14)12-6-5-10-3-1-2-4-11(10)7-12/h5-7,9,16H,1-4,8H2. The molecule has 0 aliphatic heterocycles. The Kier molecular flexibility index (Phi) is 2.95. The molecule has 2 nitrogen and oxygen atoms in total. The molecule has 1 aliphatic carbocycles. The van der Waals surface area contributed by atoms with E-state index >= 15 is 0 Å². The zero-order valence-corrected chi connectivity index (χ0v) is 10.5. The fourth-order valence-corrected chi connectivity index (χ4v) is 3.07. The average molecular weight is 245 g/mol. The predicted molar refractivity (Wildman–Crippen MR) is 70.1 cm³/mol. The monoisotopic (exact) mass is 245 g/mol. The number of hydrogen-bond donors (Lipinski definition) is 1. The Balaban J connectivity index is 1.97. The number of aromatic nitrogens is 1. The summed E-state index contributed by atoms with van der Waals surface area (Å²) in [5.41, 5.74) is 5.15. The maximum absolute atomic E-state index is 9.04. The number of fused-ring (bicyclic) bond motifs is 1. The van der Waals surface area contributed by atoms with Crippen LogP contribution >= 0.6 is 11.3 Å². The third-order valence-corrected chi connectivity index (χ3v) is 4.16. The lowest BCUT2D eigenvalue weighted by Gasteiger charge is -2.16. The molecule has 1 heterocycles. The van der Waals surface area contributed by atoms with Crippen molar-refractivity contribution in [3.63, 3.8) is 0 Å². The highest BCUT2D eigenvalue weighted by atomic mass is 32.1. The van der Waals surface area contributed by atoms with Crippen LogP contribution in [0.4, 0.5) is 0 Å². The van der Waals surface area contributed by atoms with E-state index in [9.17, 15) is 0 Å². The second-order valence-electron chi connectivity index (χ2n) is 4.48. The number of thiazole rings is 1. The van der Waals surface area contributed by atoms with Crippen molar-refractivity contribution in [1.82, 2.24) is 4.98 Å². The maximum atomic E-state index is 9.04. The molecule has 2 aromatic rings. The first-order valence-electron chi connectivity index (χ1n) is 6.04. The fourth-order valence-electron chi connectivity index (χ4n) is 2.41. The van der Waals surface area contributed by atoms with Crippen LogP contribution in [-0.4, -0.2) is 10.1 Å². The van der Waals surface area contributed by atoms with E-state index < -0.39 is 0 Å². The molecule has 0 unspecified atom stereocenters. The molecule has 3 heteroatoms. The van der Waals surface area contributed by atoms with Crippen LogP contribution in [-0.2, 0) is 19.4 Å². The SMILES string of the molecule is OCc1nc(-c2ccc3c(c2)CCCC3)cs1. The van der Waals surface area contributed by atoms with Crippen LogP contribution in [0.15, 0.2) is 23.6 Å². The van der Waals surface area contributed by atoms with Gasteiger partial charge in [0, 0.05) is 10.9 Å². The molecule has 0 fully saturated rings.